The first kappa shape index (κ1) is 16.7. The van der Waals surface area contributed by atoms with Crippen molar-refractivity contribution in [2.24, 2.45) is 0 Å². The summed E-state index contributed by atoms with van der Waals surface area (Å²) in [5, 5.41) is 0. The maximum Gasteiger partial charge on any atom is 0.258 e. The Labute approximate surface area is 160 Å². The van der Waals surface area contributed by atoms with Gasteiger partial charge < -0.3 is 9.72 Å². The quantitative estimate of drug-likeness (QED) is 0.565. The molecule has 0 radical (unpaired) electrons. The van der Waals surface area contributed by atoms with Crippen LogP contribution in [0.2, 0.25) is 0 Å². The van der Waals surface area contributed by atoms with E-state index in [1.165, 1.54) is 31.0 Å². The lowest BCUT2D eigenvalue weighted by atomic mass is 10.2. The van der Waals surface area contributed by atoms with Gasteiger partial charge in [-0.25, -0.2) is 9.37 Å². The van der Waals surface area contributed by atoms with Gasteiger partial charge in [0.2, 0.25) is 0 Å². The summed E-state index contributed by atoms with van der Waals surface area (Å²) in [6.07, 6.45) is 4.07. The first-order valence-corrected chi connectivity index (χ1v) is 9.26. The number of benzene rings is 2. The van der Waals surface area contributed by atoms with Crippen molar-refractivity contribution < 1.29 is 9.13 Å². The molecule has 28 heavy (non-hydrogen) atoms. The summed E-state index contributed by atoms with van der Waals surface area (Å²) in [5.41, 5.74) is 3.27. The number of aromatic amines is 1. The third-order valence-corrected chi connectivity index (χ3v) is 4.94. The van der Waals surface area contributed by atoms with E-state index in [0.29, 0.717) is 11.7 Å². The second-order valence-electron chi connectivity index (χ2n) is 7.08. The molecule has 5 rings (SSSR count). The van der Waals surface area contributed by atoms with Crippen LogP contribution in [0.3, 0.4) is 0 Å². The molecule has 1 fully saturated rings. The van der Waals surface area contributed by atoms with Gasteiger partial charge in [0.25, 0.3) is 5.56 Å². The second-order valence-corrected chi connectivity index (χ2v) is 7.08. The topological polar surface area (TPSA) is 59.9 Å². The number of hydrogen-bond donors (Lipinski definition) is 1. The third kappa shape index (κ3) is 3.29. The van der Waals surface area contributed by atoms with Gasteiger partial charge in [-0.3, -0.25) is 9.36 Å². The van der Waals surface area contributed by atoms with Crippen LogP contribution in [0.5, 0.6) is 5.75 Å². The van der Waals surface area contributed by atoms with E-state index in [4.69, 9.17) is 4.74 Å². The van der Waals surface area contributed by atoms with Gasteiger partial charge in [0.1, 0.15) is 24.0 Å². The fourth-order valence-corrected chi connectivity index (χ4v) is 3.23. The summed E-state index contributed by atoms with van der Waals surface area (Å²) >= 11 is 0. The zero-order valence-corrected chi connectivity index (χ0v) is 15.1. The smallest absolute Gasteiger partial charge is 0.258 e. The standard InChI is InChI=1S/C22H18FN3O2/c23-16-5-1-14(2-6-16)13-28-18-9-10-26(21(27)12-18)17-7-8-19-20(11-17)25-22(24-19)15-3-4-15/h1-2,5-12,15H,3-4,13H2,(H,24,25). The summed E-state index contributed by atoms with van der Waals surface area (Å²) in [7, 11) is 0. The number of nitrogens with one attached hydrogen (secondary N) is 1. The number of H-pyrrole nitrogens is 1. The van der Waals surface area contributed by atoms with Crippen LogP contribution < -0.4 is 10.3 Å². The fourth-order valence-electron chi connectivity index (χ4n) is 3.23. The van der Waals surface area contributed by atoms with E-state index in [-0.39, 0.29) is 18.0 Å². The predicted octanol–water partition coefficient (Wildman–Crippen LogP) is 4.31. The van der Waals surface area contributed by atoms with E-state index in [9.17, 15) is 9.18 Å². The molecule has 0 aliphatic heterocycles. The minimum absolute atomic E-state index is 0.183. The Kier molecular flexibility index (Phi) is 3.97. The molecule has 5 nitrogen and oxygen atoms in total. The fraction of sp³-hybridized carbons (Fsp3) is 0.182. The molecule has 1 aliphatic rings. The van der Waals surface area contributed by atoms with Crippen molar-refractivity contribution in [1.29, 1.82) is 0 Å². The van der Waals surface area contributed by atoms with Crippen LogP contribution in [0.1, 0.15) is 30.1 Å². The van der Waals surface area contributed by atoms with Crippen LogP contribution in [0.4, 0.5) is 4.39 Å². The Morgan fingerprint density at radius 2 is 1.93 bits per heavy atom. The van der Waals surface area contributed by atoms with E-state index in [1.54, 1.807) is 29.0 Å². The molecule has 2 aromatic heterocycles. The van der Waals surface area contributed by atoms with Crippen LogP contribution in [-0.4, -0.2) is 14.5 Å². The van der Waals surface area contributed by atoms with Crippen molar-refractivity contribution in [2.75, 3.05) is 0 Å². The molecule has 0 saturated heterocycles. The molecular formula is C22H18FN3O2. The number of imidazole rings is 1. The molecule has 1 saturated carbocycles. The summed E-state index contributed by atoms with van der Waals surface area (Å²) in [6, 6.07) is 15.0. The SMILES string of the molecule is O=c1cc(OCc2ccc(F)cc2)ccn1-c1ccc2nc(C3CC3)[nH]c2c1. The number of hydrogen-bond acceptors (Lipinski definition) is 3. The van der Waals surface area contributed by atoms with Crippen molar-refractivity contribution in [1.82, 2.24) is 14.5 Å². The van der Waals surface area contributed by atoms with Gasteiger partial charge in [0.15, 0.2) is 0 Å². The lowest BCUT2D eigenvalue weighted by molar-refractivity contribution is 0.305. The second kappa shape index (κ2) is 6.64. The van der Waals surface area contributed by atoms with Gasteiger partial charge in [-0.05, 0) is 54.8 Å². The Morgan fingerprint density at radius 3 is 2.68 bits per heavy atom. The lowest BCUT2D eigenvalue weighted by Gasteiger charge is -2.09. The van der Waals surface area contributed by atoms with Crippen molar-refractivity contribution >= 4 is 11.0 Å². The molecule has 6 heteroatoms. The van der Waals surface area contributed by atoms with Gasteiger partial charge in [0, 0.05) is 18.2 Å². The first-order valence-electron chi connectivity index (χ1n) is 9.26. The summed E-state index contributed by atoms with van der Waals surface area (Å²) in [5.74, 6) is 1.77. The number of nitrogens with zero attached hydrogens (tertiary/aromatic N) is 2. The van der Waals surface area contributed by atoms with E-state index >= 15 is 0 Å². The van der Waals surface area contributed by atoms with E-state index in [0.717, 1.165) is 28.1 Å². The highest BCUT2D eigenvalue weighted by molar-refractivity contribution is 5.77. The molecule has 0 unspecified atom stereocenters. The molecule has 0 bridgehead atoms. The number of fused-ring (bicyclic) bond motifs is 1. The number of ether oxygens (including phenoxy) is 1. The number of rotatable bonds is 5. The third-order valence-electron chi connectivity index (χ3n) is 4.94. The van der Waals surface area contributed by atoms with Gasteiger partial charge in [-0.1, -0.05) is 12.1 Å². The number of pyridine rings is 1. The van der Waals surface area contributed by atoms with Crippen LogP contribution in [0.15, 0.2) is 65.6 Å². The molecular weight excluding hydrogens is 357 g/mol. The highest BCUT2D eigenvalue weighted by Crippen LogP contribution is 2.39. The molecule has 0 amide bonds. The molecule has 4 aromatic rings. The Bertz CT molecular complexity index is 1210. The van der Waals surface area contributed by atoms with Crippen LogP contribution in [0.25, 0.3) is 16.7 Å². The van der Waals surface area contributed by atoms with Gasteiger partial charge in [0.05, 0.1) is 16.7 Å². The highest BCUT2D eigenvalue weighted by Gasteiger charge is 2.26. The van der Waals surface area contributed by atoms with Crippen LogP contribution in [-0.2, 0) is 6.61 Å². The van der Waals surface area contributed by atoms with Crippen molar-refractivity contribution in [3.63, 3.8) is 0 Å². The molecule has 0 spiro atoms. The minimum Gasteiger partial charge on any atom is -0.489 e. The van der Waals surface area contributed by atoms with Crippen molar-refractivity contribution in [3.05, 3.63) is 88.4 Å². The number of aromatic nitrogens is 3. The predicted molar refractivity (Wildman–Crippen MR) is 104 cm³/mol. The van der Waals surface area contributed by atoms with E-state index in [1.807, 2.05) is 18.2 Å². The summed E-state index contributed by atoms with van der Waals surface area (Å²) in [6.45, 7) is 0.272. The Morgan fingerprint density at radius 1 is 1.11 bits per heavy atom. The zero-order valence-electron chi connectivity index (χ0n) is 15.1. The largest absolute Gasteiger partial charge is 0.489 e. The zero-order chi connectivity index (χ0) is 19.1. The van der Waals surface area contributed by atoms with Gasteiger partial charge in [-0.15, -0.1) is 0 Å². The Balaban J connectivity index is 1.37. The average molecular weight is 375 g/mol. The summed E-state index contributed by atoms with van der Waals surface area (Å²) < 4.78 is 20.2. The van der Waals surface area contributed by atoms with Crippen molar-refractivity contribution in [2.45, 2.75) is 25.4 Å². The van der Waals surface area contributed by atoms with Crippen molar-refractivity contribution in [3.8, 4) is 11.4 Å². The molecule has 2 heterocycles. The maximum atomic E-state index is 13.0. The van der Waals surface area contributed by atoms with Gasteiger partial charge in [-0.2, -0.15) is 0 Å². The van der Waals surface area contributed by atoms with E-state index < -0.39 is 0 Å². The van der Waals surface area contributed by atoms with Crippen LogP contribution >= 0.6 is 0 Å². The molecule has 1 aliphatic carbocycles. The molecule has 140 valence electrons. The minimum atomic E-state index is -0.287. The monoisotopic (exact) mass is 375 g/mol. The highest BCUT2D eigenvalue weighted by atomic mass is 19.1. The Hall–Kier alpha value is -3.41. The number of halogens is 1. The molecule has 0 atom stereocenters. The maximum absolute atomic E-state index is 13.0. The van der Waals surface area contributed by atoms with Gasteiger partial charge >= 0.3 is 0 Å². The lowest BCUT2D eigenvalue weighted by Crippen LogP contribution is -2.16. The molecule has 1 N–H and O–H groups in total. The molecule has 2 aromatic carbocycles. The van der Waals surface area contributed by atoms with E-state index in [2.05, 4.69) is 9.97 Å². The van der Waals surface area contributed by atoms with Crippen LogP contribution in [0, 0.1) is 5.82 Å². The first-order chi connectivity index (χ1) is 13.7. The average Bonchev–Trinajstić information content (AvgIpc) is 3.46. The normalized spacial score (nSPS) is 13.8. The summed E-state index contributed by atoms with van der Waals surface area (Å²) in [4.78, 5) is 20.5.